The largest absolute Gasteiger partial charge is 0.368 e. The fourth-order valence-corrected chi connectivity index (χ4v) is 4.88. The van der Waals surface area contributed by atoms with Crippen molar-refractivity contribution in [3.8, 4) is 0 Å². The van der Waals surface area contributed by atoms with Crippen LogP contribution < -0.4 is 5.73 Å². The number of carbonyl (C=O) groups excluding carboxylic acids is 2. The van der Waals surface area contributed by atoms with Gasteiger partial charge in [-0.2, -0.15) is 13.5 Å². The molecule has 2 aromatic rings. The van der Waals surface area contributed by atoms with Gasteiger partial charge in [-0.05, 0) is 31.4 Å². The molecular weight excluding hydrogens is 356 g/mol. The van der Waals surface area contributed by atoms with Gasteiger partial charge in [0.1, 0.15) is 11.7 Å². The summed E-state index contributed by atoms with van der Waals surface area (Å²) in [5, 5.41) is 4.12. The normalized spacial score (nSPS) is 21.5. The molecule has 1 atom stereocenters. The van der Waals surface area contributed by atoms with E-state index >= 15 is 0 Å². The van der Waals surface area contributed by atoms with Crippen LogP contribution in [0.15, 0.2) is 35.2 Å². The van der Waals surface area contributed by atoms with E-state index < -0.39 is 27.9 Å². The van der Waals surface area contributed by atoms with Crippen LogP contribution in [-0.2, 0) is 21.2 Å². The molecule has 8 nitrogen and oxygen atoms in total. The Morgan fingerprint density at radius 1 is 1.31 bits per heavy atom. The molecule has 0 spiro atoms. The van der Waals surface area contributed by atoms with Gasteiger partial charge in [-0.25, -0.2) is 0 Å². The highest BCUT2D eigenvalue weighted by atomic mass is 32.2. The van der Waals surface area contributed by atoms with E-state index in [1.807, 2.05) is 6.92 Å². The summed E-state index contributed by atoms with van der Waals surface area (Å²) in [6, 6.07) is 6.35. The molecule has 1 aromatic heterocycles. The maximum atomic E-state index is 13.2. The van der Waals surface area contributed by atoms with Crippen molar-refractivity contribution in [2.24, 2.45) is 5.73 Å². The fourth-order valence-electron chi connectivity index (χ4n) is 3.37. The molecule has 136 valence electrons. The predicted octanol–water partition coefficient (Wildman–Crippen LogP) is 0.827. The van der Waals surface area contributed by atoms with Crippen molar-refractivity contribution in [1.82, 2.24) is 14.1 Å². The van der Waals surface area contributed by atoms with Crippen LogP contribution in [0.3, 0.4) is 0 Å². The van der Waals surface area contributed by atoms with E-state index in [2.05, 4.69) is 5.10 Å². The molecule has 1 aliphatic heterocycles. The monoisotopic (exact) mass is 374 g/mol. The quantitative estimate of drug-likeness (QED) is 0.854. The second-order valence-corrected chi connectivity index (χ2v) is 8.24. The zero-order valence-corrected chi connectivity index (χ0v) is 14.9. The van der Waals surface area contributed by atoms with Crippen molar-refractivity contribution >= 4 is 21.8 Å². The maximum Gasteiger partial charge on any atom is 0.284 e. The van der Waals surface area contributed by atoms with Crippen molar-refractivity contribution < 1.29 is 18.0 Å². The summed E-state index contributed by atoms with van der Waals surface area (Å²) >= 11 is 0. The minimum atomic E-state index is -4.13. The number of aryl methyl sites for hydroxylation is 1. The molecule has 0 radical (unpaired) electrons. The highest BCUT2D eigenvalue weighted by molar-refractivity contribution is 7.90. The van der Waals surface area contributed by atoms with Crippen LogP contribution in [-0.4, -0.2) is 40.4 Å². The summed E-state index contributed by atoms with van der Waals surface area (Å²) in [4.78, 5) is 26.8. The Morgan fingerprint density at radius 3 is 2.62 bits per heavy atom. The van der Waals surface area contributed by atoms with Crippen LogP contribution in [0.4, 0.5) is 0 Å². The smallest absolute Gasteiger partial charge is 0.284 e. The fraction of sp³-hybridized carbons (Fsp3) is 0.353. The van der Waals surface area contributed by atoms with E-state index in [4.69, 9.17) is 5.73 Å². The first-order valence-corrected chi connectivity index (χ1v) is 9.85. The zero-order chi connectivity index (χ0) is 18.6. The second kappa shape index (κ2) is 5.66. The average Bonchev–Trinajstić information content (AvgIpc) is 3.34. The molecular formula is C17H18N4O4S. The lowest BCUT2D eigenvalue weighted by molar-refractivity contribution is -0.123. The number of rotatable bonds is 3. The number of primary amides is 1. The summed E-state index contributed by atoms with van der Waals surface area (Å²) in [6.07, 6.45) is 1.98. The lowest BCUT2D eigenvalue weighted by Crippen LogP contribution is -2.46. The van der Waals surface area contributed by atoms with Crippen LogP contribution in [0, 0.1) is 0 Å². The Morgan fingerprint density at radius 2 is 2.00 bits per heavy atom. The SMILES string of the molecule is CCc1cc2n(n1)S(=O)(=O)c1ccccc1C(C(N)=O)N(C1CC1)C2=O. The second-order valence-electron chi connectivity index (χ2n) is 6.51. The first-order valence-electron chi connectivity index (χ1n) is 8.41. The number of fused-ring (bicyclic) bond motifs is 2. The molecule has 1 aromatic carbocycles. The van der Waals surface area contributed by atoms with Crippen LogP contribution >= 0.6 is 0 Å². The molecule has 1 unspecified atom stereocenters. The summed E-state index contributed by atoms with van der Waals surface area (Å²) in [7, 11) is -4.13. The Hall–Kier alpha value is -2.68. The van der Waals surface area contributed by atoms with Gasteiger partial charge >= 0.3 is 0 Å². The van der Waals surface area contributed by atoms with Crippen molar-refractivity contribution in [3.63, 3.8) is 0 Å². The first kappa shape index (κ1) is 16.8. The molecule has 2 amide bonds. The summed E-state index contributed by atoms with van der Waals surface area (Å²) in [5.41, 5.74) is 6.25. The van der Waals surface area contributed by atoms with Gasteiger partial charge < -0.3 is 10.6 Å². The summed E-state index contributed by atoms with van der Waals surface area (Å²) in [6.45, 7) is 1.83. The van der Waals surface area contributed by atoms with E-state index in [1.54, 1.807) is 12.1 Å². The van der Waals surface area contributed by atoms with E-state index in [9.17, 15) is 18.0 Å². The molecule has 9 heteroatoms. The highest BCUT2D eigenvalue weighted by Crippen LogP contribution is 2.39. The molecule has 1 fully saturated rings. The van der Waals surface area contributed by atoms with E-state index in [0.29, 0.717) is 12.1 Å². The maximum absolute atomic E-state index is 13.2. The third-order valence-corrected chi connectivity index (χ3v) is 6.41. The number of aromatic nitrogens is 2. The Balaban J connectivity index is 2.07. The number of amides is 2. The number of benzene rings is 1. The molecule has 2 heterocycles. The van der Waals surface area contributed by atoms with Gasteiger partial charge in [0, 0.05) is 11.6 Å². The molecule has 0 bridgehead atoms. The molecule has 4 rings (SSSR count). The minimum absolute atomic E-state index is 0.0606. The standard InChI is InChI=1S/C17H18N4O4S/c1-2-10-9-13-17(23)20(11-7-8-11)15(16(18)22)12-5-3-4-6-14(12)26(24,25)21(13)19-10/h3-6,9,11,15H,2,7-8H2,1H3,(H2,18,22). The third-order valence-electron chi connectivity index (χ3n) is 4.75. The third kappa shape index (κ3) is 2.34. The predicted molar refractivity (Wildman–Crippen MR) is 91.8 cm³/mol. The first-order chi connectivity index (χ1) is 12.4. The molecule has 0 saturated heterocycles. The van der Waals surface area contributed by atoms with Crippen molar-refractivity contribution in [3.05, 3.63) is 47.3 Å². The number of hydrogen-bond acceptors (Lipinski definition) is 5. The van der Waals surface area contributed by atoms with Crippen LogP contribution in [0.5, 0.6) is 0 Å². The number of nitrogens with two attached hydrogens (primary N) is 1. The van der Waals surface area contributed by atoms with Crippen molar-refractivity contribution in [2.45, 2.75) is 43.2 Å². The van der Waals surface area contributed by atoms with E-state index in [1.165, 1.54) is 23.1 Å². The molecule has 2 aliphatic rings. The van der Waals surface area contributed by atoms with Gasteiger partial charge in [-0.15, -0.1) is 4.09 Å². The highest BCUT2D eigenvalue weighted by Gasteiger charge is 2.46. The zero-order valence-electron chi connectivity index (χ0n) is 14.1. The van der Waals surface area contributed by atoms with Crippen LogP contribution in [0.2, 0.25) is 0 Å². The molecule has 26 heavy (non-hydrogen) atoms. The Bertz CT molecular complexity index is 1020. The van der Waals surface area contributed by atoms with Crippen molar-refractivity contribution in [1.29, 1.82) is 0 Å². The topological polar surface area (TPSA) is 115 Å². The van der Waals surface area contributed by atoms with Gasteiger partial charge in [0.2, 0.25) is 5.91 Å². The summed E-state index contributed by atoms with van der Waals surface area (Å²) in [5.74, 6) is -1.29. The Labute approximate surface area is 150 Å². The average molecular weight is 374 g/mol. The van der Waals surface area contributed by atoms with E-state index in [-0.39, 0.29) is 22.2 Å². The molecule has 1 aliphatic carbocycles. The summed E-state index contributed by atoms with van der Waals surface area (Å²) < 4.78 is 27.2. The molecule has 2 N–H and O–H groups in total. The van der Waals surface area contributed by atoms with Crippen LogP contribution in [0.1, 0.15) is 47.6 Å². The lowest BCUT2D eigenvalue weighted by atomic mass is 10.0. The van der Waals surface area contributed by atoms with Crippen LogP contribution in [0.25, 0.3) is 0 Å². The van der Waals surface area contributed by atoms with E-state index in [0.717, 1.165) is 16.9 Å². The van der Waals surface area contributed by atoms with Crippen molar-refractivity contribution in [2.75, 3.05) is 0 Å². The Kier molecular flexibility index (Phi) is 3.65. The van der Waals surface area contributed by atoms with Gasteiger partial charge in [0.25, 0.3) is 15.9 Å². The van der Waals surface area contributed by atoms with Gasteiger partial charge in [-0.3, -0.25) is 9.59 Å². The molecule has 1 saturated carbocycles. The number of carbonyl (C=O) groups is 2. The number of nitrogens with zero attached hydrogens (tertiary/aromatic N) is 3. The lowest BCUT2D eigenvalue weighted by Gasteiger charge is -2.33. The number of hydrogen-bond donors (Lipinski definition) is 1. The van der Waals surface area contributed by atoms with Gasteiger partial charge in [0.15, 0.2) is 0 Å². The van der Waals surface area contributed by atoms with Gasteiger partial charge in [0.05, 0.1) is 10.6 Å². The minimum Gasteiger partial charge on any atom is -0.368 e. The van der Waals surface area contributed by atoms with Gasteiger partial charge in [-0.1, -0.05) is 25.1 Å².